The van der Waals surface area contributed by atoms with Crippen LogP contribution in [0.3, 0.4) is 0 Å². The summed E-state index contributed by atoms with van der Waals surface area (Å²) in [6.07, 6.45) is 8.74. The number of hydrogen-bond donors (Lipinski definition) is 2. The molecule has 28 heavy (non-hydrogen) atoms. The first-order chi connectivity index (χ1) is 13.1. The second-order valence-electron chi connectivity index (χ2n) is 9.01. The number of nitrogens with zero attached hydrogens (tertiary/aromatic N) is 1. The number of allylic oxidation sites excluding steroid dienone is 1. The Morgan fingerprint density at radius 1 is 1.18 bits per heavy atom. The average Bonchev–Trinajstić information content (AvgIpc) is 2.60. The SMILES string of the molecule is C=CCC1(CN=C(NC(C)(C)C)NS(=O)(=O)c2ccc(C)cc2)CCCCC1. The Morgan fingerprint density at radius 3 is 2.32 bits per heavy atom. The lowest BCUT2D eigenvalue weighted by Gasteiger charge is -2.35. The van der Waals surface area contributed by atoms with E-state index in [1.807, 2.05) is 33.8 Å². The summed E-state index contributed by atoms with van der Waals surface area (Å²) < 4.78 is 28.4. The van der Waals surface area contributed by atoms with E-state index in [1.54, 1.807) is 24.3 Å². The Labute approximate surface area is 170 Å². The summed E-state index contributed by atoms with van der Waals surface area (Å²) in [7, 11) is -3.70. The van der Waals surface area contributed by atoms with Crippen LogP contribution in [0.15, 0.2) is 46.8 Å². The van der Waals surface area contributed by atoms with Crippen LogP contribution in [0.2, 0.25) is 0 Å². The van der Waals surface area contributed by atoms with Crippen molar-refractivity contribution in [2.24, 2.45) is 10.4 Å². The number of guanidine groups is 1. The fourth-order valence-electron chi connectivity index (χ4n) is 3.64. The van der Waals surface area contributed by atoms with Crippen LogP contribution in [0.4, 0.5) is 0 Å². The molecule has 0 amide bonds. The number of nitrogens with one attached hydrogen (secondary N) is 2. The van der Waals surface area contributed by atoms with Crippen LogP contribution in [0.5, 0.6) is 0 Å². The molecule has 0 atom stereocenters. The van der Waals surface area contributed by atoms with E-state index in [4.69, 9.17) is 4.99 Å². The molecule has 6 heteroatoms. The van der Waals surface area contributed by atoms with Gasteiger partial charge in [-0.25, -0.2) is 13.1 Å². The van der Waals surface area contributed by atoms with Crippen molar-refractivity contribution < 1.29 is 8.42 Å². The number of aryl methyl sites for hydroxylation is 1. The molecule has 0 aliphatic heterocycles. The molecule has 2 rings (SSSR count). The molecule has 1 saturated carbocycles. The third-order valence-electron chi connectivity index (χ3n) is 5.12. The average molecular weight is 406 g/mol. The van der Waals surface area contributed by atoms with Gasteiger partial charge < -0.3 is 5.32 Å². The topological polar surface area (TPSA) is 70.6 Å². The van der Waals surface area contributed by atoms with Crippen LogP contribution >= 0.6 is 0 Å². The fraction of sp³-hybridized carbons (Fsp3) is 0.591. The number of benzene rings is 1. The summed E-state index contributed by atoms with van der Waals surface area (Å²) in [5.41, 5.74) is 0.789. The van der Waals surface area contributed by atoms with Crippen molar-refractivity contribution in [1.82, 2.24) is 10.0 Å². The third-order valence-corrected chi connectivity index (χ3v) is 6.47. The third kappa shape index (κ3) is 6.66. The molecule has 0 spiro atoms. The molecule has 0 bridgehead atoms. The van der Waals surface area contributed by atoms with Crippen molar-refractivity contribution in [2.75, 3.05) is 6.54 Å². The summed E-state index contributed by atoms with van der Waals surface area (Å²) in [4.78, 5) is 4.96. The Hall–Kier alpha value is -1.82. The molecule has 1 aromatic rings. The van der Waals surface area contributed by atoms with E-state index in [-0.39, 0.29) is 15.8 Å². The summed E-state index contributed by atoms with van der Waals surface area (Å²) in [6, 6.07) is 6.83. The lowest BCUT2D eigenvalue weighted by atomic mass is 9.72. The monoisotopic (exact) mass is 405 g/mol. The highest BCUT2D eigenvalue weighted by atomic mass is 32.2. The van der Waals surface area contributed by atoms with E-state index < -0.39 is 10.0 Å². The zero-order valence-corrected chi connectivity index (χ0v) is 18.5. The van der Waals surface area contributed by atoms with Gasteiger partial charge in [0.25, 0.3) is 10.0 Å². The predicted octanol–water partition coefficient (Wildman–Crippen LogP) is 4.54. The Morgan fingerprint density at radius 2 is 1.79 bits per heavy atom. The molecule has 0 heterocycles. The van der Waals surface area contributed by atoms with E-state index in [2.05, 4.69) is 16.6 Å². The Bertz CT molecular complexity index is 784. The van der Waals surface area contributed by atoms with Crippen molar-refractivity contribution in [3.05, 3.63) is 42.5 Å². The molecule has 156 valence electrons. The molecule has 0 unspecified atom stereocenters. The number of aliphatic imine (C=N–C) groups is 1. The molecular formula is C22H35N3O2S. The second kappa shape index (κ2) is 9.12. The van der Waals surface area contributed by atoms with E-state index in [9.17, 15) is 8.42 Å². The Balaban J connectivity index is 2.26. The lowest BCUT2D eigenvalue weighted by Crippen LogP contribution is -2.49. The van der Waals surface area contributed by atoms with E-state index in [1.165, 1.54) is 19.3 Å². The van der Waals surface area contributed by atoms with Crippen LogP contribution in [0.25, 0.3) is 0 Å². The molecule has 1 aliphatic carbocycles. The van der Waals surface area contributed by atoms with Gasteiger partial charge in [-0.3, -0.25) is 4.99 Å². The summed E-state index contributed by atoms with van der Waals surface area (Å²) >= 11 is 0. The normalized spacial score (nSPS) is 17.8. The maximum atomic E-state index is 12.8. The molecule has 1 aliphatic rings. The van der Waals surface area contributed by atoms with Gasteiger partial charge in [0, 0.05) is 12.1 Å². The van der Waals surface area contributed by atoms with E-state index in [0.717, 1.165) is 24.8 Å². The fourth-order valence-corrected chi connectivity index (χ4v) is 4.62. The molecular weight excluding hydrogens is 370 g/mol. The smallest absolute Gasteiger partial charge is 0.264 e. The number of hydrogen-bond acceptors (Lipinski definition) is 3. The standard InChI is InChI=1S/C22H35N3O2S/c1-6-14-22(15-8-7-9-16-22)17-23-20(24-21(3,4)5)25-28(26,27)19-12-10-18(2)11-13-19/h6,10-13H,1,7-9,14-17H2,2-5H3,(H2,23,24,25). The van der Waals surface area contributed by atoms with Gasteiger partial charge in [0.15, 0.2) is 0 Å². The summed E-state index contributed by atoms with van der Waals surface area (Å²) in [5.74, 6) is 0.307. The van der Waals surface area contributed by atoms with Crippen LogP contribution in [0.1, 0.15) is 64.9 Å². The van der Waals surface area contributed by atoms with E-state index in [0.29, 0.717) is 12.5 Å². The van der Waals surface area contributed by atoms with Gasteiger partial charge in [0.1, 0.15) is 0 Å². The van der Waals surface area contributed by atoms with Gasteiger partial charge in [0.2, 0.25) is 5.96 Å². The van der Waals surface area contributed by atoms with Crippen molar-refractivity contribution >= 4 is 16.0 Å². The maximum Gasteiger partial charge on any atom is 0.264 e. The van der Waals surface area contributed by atoms with Gasteiger partial charge in [-0.1, -0.05) is 43.0 Å². The number of rotatable bonds is 6. The molecule has 1 aromatic carbocycles. The highest BCUT2D eigenvalue weighted by Crippen LogP contribution is 2.39. The van der Waals surface area contributed by atoms with Crippen LogP contribution in [-0.4, -0.2) is 26.5 Å². The zero-order valence-electron chi connectivity index (χ0n) is 17.7. The van der Waals surface area contributed by atoms with Gasteiger partial charge in [-0.15, -0.1) is 6.58 Å². The first kappa shape index (κ1) is 22.5. The van der Waals surface area contributed by atoms with Crippen molar-refractivity contribution in [3.8, 4) is 0 Å². The Kier molecular flexibility index (Phi) is 7.32. The van der Waals surface area contributed by atoms with Crippen molar-refractivity contribution in [3.63, 3.8) is 0 Å². The largest absolute Gasteiger partial charge is 0.351 e. The number of sulfonamides is 1. The van der Waals surface area contributed by atoms with Crippen molar-refractivity contribution in [2.45, 2.75) is 76.7 Å². The lowest BCUT2D eigenvalue weighted by molar-refractivity contribution is 0.202. The quantitative estimate of drug-likeness (QED) is 0.414. The predicted molar refractivity (Wildman–Crippen MR) is 117 cm³/mol. The van der Waals surface area contributed by atoms with E-state index >= 15 is 0 Å². The van der Waals surface area contributed by atoms with Crippen LogP contribution < -0.4 is 10.0 Å². The minimum absolute atomic E-state index is 0.0834. The minimum Gasteiger partial charge on any atom is -0.351 e. The molecule has 2 N–H and O–H groups in total. The van der Waals surface area contributed by atoms with Gasteiger partial charge in [-0.05, 0) is 64.5 Å². The van der Waals surface area contributed by atoms with Crippen LogP contribution in [-0.2, 0) is 10.0 Å². The van der Waals surface area contributed by atoms with Crippen molar-refractivity contribution in [1.29, 1.82) is 0 Å². The highest BCUT2D eigenvalue weighted by Gasteiger charge is 2.31. The molecule has 0 aromatic heterocycles. The first-order valence-electron chi connectivity index (χ1n) is 10.1. The zero-order chi connectivity index (χ0) is 20.8. The molecule has 0 saturated heterocycles. The van der Waals surface area contributed by atoms with Crippen LogP contribution in [0, 0.1) is 12.3 Å². The summed E-state index contributed by atoms with van der Waals surface area (Å²) in [5, 5.41) is 3.23. The molecule has 5 nitrogen and oxygen atoms in total. The molecule has 0 radical (unpaired) electrons. The van der Waals surface area contributed by atoms with Gasteiger partial charge in [-0.2, -0.15) is 0 Å². The summed E-state index contributed by atoms with van der Waals surface area (Å²) in [6.45, 7) is 12.4. The van der Waals surface area contributed by atoms with Gasteiger partial charge in [0.05, 0.1) is 4.90 Å². The van der Waals surface area contributed by atoms with Gasteiger partial charge >= 0.3 is 0 Å². The highest BCUT2D eigenvalue weighted by molar-refractivity contribution is 7.90. The molecule has 1 fully saturated rings. The second-order valence-corrected chi connectivity index (χ2v) is 10.7. The first-order valence-corrected chi connectivity index (χ1v) is 11.6. The maximum absolute atomic E-state index is 12.8. The minimum atomic E-state index is -3.70.